The molecule has 1 unspecified atom stereocenters. The van der Waals surface area contributed by atoms with Crippen LogP contribution in [0, 0.1) is 21.4 Å². The maximum Gasteiger partial charge on any atom is 0.269 e. The SMILES string of the molecule is CC(=O)NC1=C(C#N)C(c2ccc([N+](=O)[O-])cc2)C2=C(O1)c1ccccc1CC2. The van der Waals surface area contributed by atoms with E-state index < -0.39 is 10.8 Å². The monoisotopic (exact) mass is 387 g/mol. The lowest BCUT2D eigenvalue weighted by Crippen LogP contribution is -2.29. The van der Waals surface area contributed by atoms with Gasteiger partial charge in [-0.25, -0.2) is 0 Å². The maximum atomic E-state index is 11.7. The molecule has 29 heavy (non-hydrogen) atoms. The van der Waals surface area contributed by atoms with Gasteiger partial charge in [0.1, 0.15) is 17.4 Å². The van der Waals surface area contributed by atoms with Crippen LogP contribution in [0.3, 0.4) is 0 Å². The number of nitrogens with zero attached hydrogens (tertiary/aromatic N) is 2. The number of nitriles is 1. The van der Waals surface area contributed by atoms with E-state index in [-0.39, 0.29) is 23.1 Å². The molecule has 1 aliphatic heterocycles. The number of ether oxygens (including phenoxy) is 1. The molecule has 1 amide bonds. The van der Waals surface area contributed by atoms with Gasteiger partial charge in [-0.3, -0.25) is 20.2 Å². The van der Waals surface area contributed by atoms with Crippen molar-refractivity contribution in [3.8, 4) is 6.07 Å². The topological polar surface area (TPSA) is 105 Å². The number of hydrogen-bond acceptors (Lipinski definition) is 5. The van der Waals surface area contributed by atoms with Crippen molar-refractivity contribution in [1.82, 2.24) is 5.32 Å². The minimum atomic E-state index is -0.459. The second kappa shape index (κ2) is 7.24. The predicted octanol–water partition coefficient (Wildman–Crippen LogP) is 3.94. The fraction of sp³-hybridized carbons (Fsp3) is 0.182. The first-order valence-electron chi connectivity index (χ1n) is 9.15. The molecular weight excluding hydrogens is 370 g/mol. The van der Waals surface area contributed by atoms with Gasteiger partial charge in [-0.15, -0.1) is 0 Å². The highest BCUT2D eigenvalue weighted by Crippen LogP contribution is 2.47. The second-order valence-corrected chi connectivity index (χ2v) is 6.93. The number of non-ortho nitro benzene ring substituents is 1. The van der Waals surface area contributed by atoms with Crippen molar-refractivity contribution in [3.05, 3.63) is 92.4 Å². The van der Waals surface area contributed by atoms with Gasteiger partial charge in [0.25, 0.3) is 5.69 Å². The molecule has 0 fully saturated rings. The molecule has 2 aliphatic rings. The largest absolute Gasteiger partial charge is 0.439 e. The molecule has 2 aromatic rings. The van der Waals surface area contributed by atoms with Crippen LogP contribution >= 0.6 is 0 Å². The maximum absolute atomic E-state index is 11.7. The van der Waals surface area contributed by atoms with Crippen LogP contribution in [-0.2, 0) is 16.0 Å². The van der Waals surface area contributed by atoms with E-state index in [4.69, 9.17) is 4.74 Å². The highest BCUT2D eigenvalue weighted by Gasteiger charge is 2.37. The third-order valence-corrected chi connectivity index (χ3v) is 5.15. The molecule has 0 saturated heterocycles. The number of allylic oxidation sites excluding steroid dienone is 2. The molecule has 0 bridgehead atoms. The molecule has 7 heteroatoms. The van der Waals surface area contributed by atoms with Gasteiger partial charge in [0.2, 0.25) is 11.8 Å². The molecule has 0 aromatic heterocycles. The van der Waals surface area contributed by atoms with Crippen LogP contribution in [0.5, 0.6) is 0 Å². The van der Waals surface area contributed by atoms with Gasteiger partial charge >= 0.3 is 0 Å². The Kier molecular flexibility index (Phi) is 4.61. The van der Waals surface area contributed by atoms with Crippen LogP contribution in [0.2, 0.25) is 0 Å². The number of nitro benzene ring substituents is 1. The zero-order valence-corrected chi connectivity index (χ0v) is 15.6. The Bertz CT molecular complexity index is 1120. The fourth-order valence-electron chi connectivity index (χ4n) is 3.90. The van der Waals surface area contributed by atoms with Gasteiger partial charge in [0, 0.05) is 30.5 Å². The zero-order valence-electron chi connectivity index (χ0n) is 15.6. The first kappa shape index (κ1) is 18.4. The Balaban J connectivity index is 1.90. The first-order chi connectivity index (χ1) is 14.0. The number of carbonyl (C=O) groups is 1. The van der Waals surface area contributed by atoms with E-state index in [0.29, 0.717) is 12.2 Å². The molecule has 144 valence electrons. The molecule has 0 radical (unpaired) electrons. The predicted molar refractivity (Wildman–Crippen MR) is 105 cm³/mol. The first-order valence-corrected chi connectivity index (χ1v) is 9.15. The highest BCUT2D eigenvalue weighted by atomic mass is 16.6. The number of nitrogens with one attached hydrogen (secondary N) is 1. The Hall–Kier alpha value is -3.92. The van der Waals surface area contributed by atoms with Gasteiger partial charge in [-0.05, 0) is 29.5 Å². The summed E-state index contributed by atoms with van der Waals surface area (Å²) in [5.41, 5.74) is 4.01. The van der Waals surface area contributed by atoms with E-state index in [0.717, 1.165) is 28.7 Å². The number of amides is 1. The normalized spacial score (nSPS) is 17.6. The lowest BCUT2D eigenvalue weighted by Gasteiger charge is -2.34. The summed E-state index contributed by atoms with van der Waals surface area (Å²) in [6, 6.07) is 16.2. The third-order valence-electron chi connectivity index (χ3n) is 5.15. The van der Waals surface area contributed by atoms with Crippen molar-refractivity contribution in [2.24, 2.45) is 0 Å². The lowest BCUT2D eigenvalue weighted by molar-refractivity contribution is -0.384. The number of nitro groups is 1. The minimum absolute atomic E-state index is 0.0198. The van der Waals surface area contributed by atoms with Gasteiger partial charge in [0.05, 0.1) is 4.92 Å². The Morgan fingerprint density at radius 1 is 1.21 bits per heavy atom. The fourth-order valence-corrected chi connectivity index (χ4v) is 3.90. The highest BCUT2D eigenvalue weighted by molar-refractivity contribution is 5.78. The van der Waals surface area contributed by atoms with Crippen molar-refractivity contribution >= 4 is 17.4 Å². The van der Waals surface area contributed by atoms with E-state index in [1.807, 2.05) is 24.3 Å². The number of hydrogen-bond donors (Lipinski definition) is 1. The second-order valence-electron chi connectivity index (χ2n) is 6.93. The number of rotatable bonds is 3. The Labute approximate surface area is 167 Å². The van der Waals surface area contributed by atoms with Crippen LogP contribution in [0.1, 0.15) is 36.0 Å². The summed E-state index contributed by atoms with van der Waals surface area (Å²) in [7, 11) is 0. The van der Waals surface area contributed by atoms with E-state index in [9.17, 15) is 20.2 Å². The van der Waals surface area contributed by atoms with Crippen LogP contribution < -0.4 is 5.32 Å². The molecular formula is C22H17N3O4. The van der Waals surface area contributed by atoms with Crippen LogP contribution in [-0.4, -0.2) is 10.8 Å². The molecule has 2 aromatic carbocycles. The van der Waals surface area contributed by atoms with Crippen molar-refractivity contribution in [1.29, 1.82) is 5.26 Å². The van der Waals surface area contributed by atoms with Crippen molar-refractivity contribution in [2.75, 3.05) is 0 Å². The molecule has 4 rings (SSSR count). The van der Waals surface area contributed by atoms with Gasteiger partial charge in [-0.2, -0.15) is 5.26 Å². The van der Waals surface area contributed by atoms with Crippen LogP contribution in [0.15, 0.2) is 65.6 Å². The molecule has 1 atom stereocenters. The van der Waals surface area contributed by atoms with E-state index in [1.165, 1.54) is 19.1 Å². The number of fused-ring (bicyclic) bond motifs is 2. The molecule has 1 aliphatic carbocycles. The van der Waals surface area contributed by atoms with Crippen LogP contribution in [0.4, 0.5) is 5.69 Å². The summed E-state index contributed by atoms with van der Waals surface area (Å²) < 4.78 is 6.04. The molecule has 1 heterocycles. The Morgan fingerprint density at radius 3 is 2.59 bits per heavy atom. The van der Waals surface area contributed by atoms with Gasteiger partial charge in [0.15, 0.2) is 0 Å². The number of aryl methyl sites for hydroxylation is 1. The lowest BCUT2D eigenvalue weighted by atomic mass is 9.76. The molecule has 0 saturated carbocycles. The van der Waals surface area contributed by atoms with Gasteiger partial charge < -0.3 is 4.74 Å². The van der Waals surface area contributed by atoms with Crippen molar-refractivity contribution < 1.29 is 14.5 Å². The van der Waals surface area contributed by atoms with Crippen LogP contribution in [0.25, 0.3) is 5.76 Å². The quantitative estimate of drug-likeness (QED) is 0.634. The average molecular weight is 387 g/mol. The Morgan fingerprint density at radius 2 is 1.93 bits per heavy atom. The van der Waals surface area contributed by atoms with Crippen molar-refractivity contribution in [2.45, 2.75) is 25.7 Å². The minimum Gasteiger partial charge on any atom is -0.439 e. The van der Waals surface area contributed by atoms with E-state index in [2.05, 4.69) is 11.4 Å². The molecule has 1 N–H and O–H groups in total. The summed E-state index contributed by atoms with van der Waals surface area (Å²) in [4.78, 5) is 22.3. The summed E-state index contributed by atoms with van der Waals surface area (Å²) in [6.45, 7) is 1.35. The van der Waals surface area contributed by atoms with E-state index >= 15 is 0 Å². The summed E-state index contributed by atoms with van der Waals surface area (Å²) >= 11 is 0. The summed E-state index contributed by atoms with van der Waals surface area (Å²) in [5.74, 6) is -0.0418. The molecule has 0 spiro atoms. The standard InChI is InChI=1S/C22H17N3O4/c1-13(26)24-22-19(12-23)20(15-6-9-16(10-7-15)25(27)28)18-11-8-14-4-2-3-5-17(14)21(18)29-22/h2-7,9-10,20H,8,11H2,1H3,(H,24,26). The third kappa shape index (κ3) is 3.25. The summed E-state index contributed by atoms with van der Waals surface area (Å²) in [5, 5.41) is 23.5. The van der Waals surface area contributed by atoms with Crippen molar-refractivity contribution in [3.63, 3.8) is 0 Å². The number of benzene rings is 2. The smallest absolute Gasteiger partial charge is 0.269 e. The number of carbonyl (C=O) groups excluding carboxylic acids is 1. The molecule has 7 nitrogen and oxygen atoms in total. The van der Waals surface area contributed by atoms with Gasteiger partial charge in [-0.1, -0.05) is 36.4 Å². The van der Waals surface area contributed by atoms with E-state index in [1.54, 1.807) is 12.1 Å². The zero-order chi connectivity index (χ0) is 20.5. The average Bonchev–Trinajstić information content (AvgIpc) is 2.72. The summed E-state index contributed by atoms with van der Waals surface area (Å²) in [6.07, 6.45) is 1.49.